The fraction of sp³-hybridized carbons (Fsp3) is 0.300. The van der Waals surface area contributed by atoms with Crippen molar-refractivity contribution >= 4 is 45.3 Å². The molecule has 0 radical (unpaired) electrons. The standard InChI is InChI=1S/C20H20Cl2N4/c1-10(2)12-5-15(22)20-17(7-12)25-18(26-20)4-11(3)13-6-14(21)19-16(8-13)23-9-24-19/h5-11H,4H2,1-3H3,(H,23,24)(H,25,26). The number of aromatic nitrogens is 4. The molecule has 2 N–H and O–H groups in total. The van der Waals surface area contributed by atoms with Gasteiger partial charge in [-0.15, -0.1) is 0 Å². The molecule has 1 atom stereocenters. The van der Waals surface area contributed by atoms with Gasteiger partial charge in [0, 0.05) is 6.42 Å². The van der Waals surface area contributed by atoms with Crippen LogP contribution in [0.15, 0.2) is 30.6 Å². The van der Waals surface area contributed by atoms with Gasteiger partial charge in [0.2, 0.25) is 0 Å². The smallest absolute Gasteiger partial charge is 0.107 e. The molecule has 26 heavy (non-hydrogen) atoms. The number of halogens is 2. The number of nitrogens with one attached hydrogen (secondary N) is 2. The average molecular weight is 387 g/mol. The number of rotatable bonds is 4. The molecule has 0 aliphatic rings. The molecule has 4 aromatic rings. The van der Waals surface area contributed by atoms with Crippen LogP contribution in [0.3, 0.4) is 0 Å². The lowest BCUT2D eigenvalue weighted by Gasteiger charge is -2.11. The predicted octanol–water partition coefficient (Wildman–Crippen LogP) is 6.22. The van der Waals surface area contributed by atoms with Gasteiger partial charge in [-0.25, -0.2) is 9.97 Å². The second-order valence-electron chi connectivity index (χ2n) is 7.14. The highest BCUT2D eigenvalue weighted by atomic mass is 35.5. The van der Waals surface area contributed by atoms with Crippen LogP contribution in [0.1, 0.15) is 49.6 Å². The normalized spacial score (nSPS) is 13.2. The maximum atomic E-state index is 6.44. The van der Waals surface area contributed by atoms with Crippen LogP contribution in [0.2, 0.25) is 10.0 Å². The minimum Gasteiger partial charge on any atom is -0.345 e. The quantitative estimate of drug-likeness (QED) is 0.437. The molecule has 0 saturated carbocycles. The highest BCUT2D eigenvalue weighted by Crippen LogP contribution is 2.31. The van der Waals surface area contributed by atoms with Gasteiger partial charge in [-0.05, 0) is 47.2 Å². The number of H-pyrrole nitrogens is 2. The summed E-state index contributed by atoms with van der Waals surface area (Å²) >= 11 is 12.8. The predicted molar refractivity (Wildman–Crippen MR) is 108 cm³/mol. The van der Waals surface area contributed by atoms with Crippen LogP contribution in [-0.4, -0.2) is 19.9 Å². The monoisotopic (exact) mass is 386 g/mol. The molecule has 2 heterocycles. The van der Waals surface area contributed by atoms with Crippen molar-refractivity contribution in [2.24, 2.45) is 0 Å². The second-order valence-corrected chi connectivity index (χ2v) is 7.96. The first-order valence-corrected chi connectivity index (χ1v) is 9.48. The van der Waals surface area contributed by atoms with Crippen molar-refractivity contribution in [2.45, 2.75) is 39.0 Å². The van der Waals surface area contributed by atoms with E-state index in [1.54, 1.807) is 6.33 Å². The van der Waals surface area contributed by atoms with Gasteiger partial charge in [0.05, 0.1) is 27.4 Å². The van der Waals surface area contributed by atoms with Crippen molar-refractivity contribution in [2.75, 3.05) is 0 Å². The van der Waals surface area contributed by atoms with E-state index >= 15 is 0 Å². The molecule has 0 aliphatic carbocycles. The van der Waals surface area contributed by atoms with Crippen LogP contribution in [0.5, 0.6) is 0 Å². The second kappa shape index (κ2) is 6.60. The van der Waals surface area contributed by atoms with Crippen LogP contribution >= 0.6 is 23.2 Å². The summed E-state index contributed by atoms with van der Waals surface area (Å²) in [5.74, 6) is 1.60. The molecule has 0 fully saturated rings. The van der Waals surface area contributed by atoms with E-state index in [4.69, 9.17) is 28.2 Å². The summed E-state index contributed by atoms with van der Waals surface area (Å²) in [5, 5.41) is 1.36. The number of nitrogens with zero attached hydrogens (tertiary/aromatic N) is 2. The first-order chi connectivity index (χ1) is 12.4. The third-order valence-corrected chi connectivity index (χ3v) is 5.42. The van der Waals surface area contributed by atoms with E-state index in [1.807, 2.05) is 12.1 Å². The molecule has 0 saturated heterocycles. The molecule has 0 amide bonds. The lowest BCUT2D eigenvalue weighted by atomic mass is 9.97. The van der Waals surface area contributed by atoms with Gasteiger partial charge in [0.25, 0.3) is 0 Å². The summed E-state index contributed by atoms with van der Waals surface area (Å²) in [4.78, 5) is 15.5. The molecular weight excluding hydrogens is 367 g/mol. The molecular formula is C20H20Cl2N4. The summed E-state index contributed by atoms with van der Waals surface area (Å²) in [6, 6.07) is 8.24. The zero-order chi connectivity index (χ0) is 18.4. The van der Waals surface area contributed by atoms with Gasteiger partial charge >= 0.3 is 0 Å². The Hall–Kier alpha value is -2.04. The van der Waals surface area contributed by atoms with Gasteiger partial charge in [-0.1, -0.05) is 44.0 Å². The number of benzene rings is 2. The maximum absolute atomic E-state index is 6.44. The summed E-state index contributed by atoms with van der Waals surface area (Å²) in [5.41, 5.74) is 5.95. The third-order valence-electron chi connectivity index (χ3n) is 4.85. The summed E-state index contributed by atoms with van der Waals surface area (Å²) in [6.45, 7) is 6.49. The lowest BCUT2D eigenvalue weighted by Crippen LogP contribution is -2.00. The van der Waals surface area contributed by atoms with Gasteiger partial charge in [0.15, 0.2) is 0 Å². The van der Waals surface area contributed by atoms with E-state index in [1.165, 1.54) is 5.56 Å². The minimum absolute atomic E-state index is 0.254. The zero-order valence-electron chi connectivity index (χ0n) is 14.9. The van der Waals surface area contributed by atoms with E-state index in [0.29, 0.717) is 16.0 Å². The summed E-state index contributed by atoms with van der Waals surface area (Å²) < 4.78 is 0. The largest absolute Gasteiger partial charge is 0.345 e. The highest BCUT2D eigenvalue weighted by molar-refractivity contribution is 6.35. The fourth-order valence-corrected chi connectivity index (χ4v) is 3.84. The zero-order valence-corrected chi connectivity index (χ0v) is 16.4. The molecule has 0 spiro atoms. The molecule has 4 rings (SSSR count). The van der Waals surface area contributed by atoms with Crippen LogP contribution in [-0.2, 0) is 6.42 Å². The Bertz CT molecular complexity index is 1090. The van der Waals surface area contributed by atoms with Crippen LogP contribution in [0, 0.1) is 0 Å². The van der Waals surface area contributed by atoms with Crippen molar-refractivity contribution < 1.29 is 0 Å². The highest BCUT2D eigenvalue weighted by Gasteiger charge is 2.15. The van der Waals surface area contributed by atoms with E-state index in [2.05, 4.69) is 47.9 Å². The molecule has 2 aromatic carbocycles. The van der Waals surface area contributed by atoms with Crippen LogP contribution < -0.4 is 0 Å². The molecule has 6 heteroatoms. The average Bonchev–Trinajstić information content (AvgIpc) is 3.21. The Labute approximate surface area is 162 Å². The fourth-order valence-electron chi connectivity index (χ4n) is 3.30. The SMILES string of the molecule is CC(C)c1cc(Cl)c2nc(CC(C)c3cc(Cl)c4nc[nH]c4c3)[nH]c2c1. The van der Waals surface area contributed by atoms with Gasteiger partial charge in [0.1, 0.15) is 16.9 Å². The Balaban J connectivity index is 1.66. The summed E-state index contributed by atoms with van der Waals surface area (Å²) in [6.07, 6.45) is 2.44. The van der Waals surface area contributed by atoms with Crippen LogP contribution in [0.25, 0.3) is 22.1 Å². The van der Waals surface area contributed by atoms with Gasteiger partial charge < -0.3 is 9.97 Å². The Morgan fingerprint density at radius 1 is 0.923 bits per heavy atom. The van der Waals surface area contributed by atoms with E-state index < -0.39 is 0 Å². The number of imidazole rings is 2. The first kappa shape index (κ1) is 17.4. The molecule has 2 aromatic heterocycles. The molecule has 134 valence electrons. The minimum atomic E-state index is 0.254. The number of hydrogen-bond donors (Lipinski definition) is 2. The van der Waals surface area contributed by atoms with E-state index in [-0.39, 0.29) is 5.92 Å². The number of fused-ring (bicyclic) bond motifs is 2. The Morgan fingerprint density at radius 2 is 1.62 bits per heavy atom. The lowest BCUT2D eigenvalue weighted by molar-refractivity contribution is 0.730. The number of aromatic amines is 2. The Kier molecular flexibility index (Phi) is 4.41. The summed E-state index contributed by atoms with van der Waals surface area (Å²) in [7, 11) is 0. The van der Waals surface area contributed by atoms with Crippen molar-refractivity contribution in [3.8, 4) is 0 Å². The maximum Gasteiger partial charge on any atom is 0.107 e. The first-order valence-electron chi connectivity index (χ1n) is 8.73. The van der Waals surface area contributed by atoms with Gasteiger partial charge in [-0.2, -0.15) is 0 Å². The van der Waals surface area contributed by atoms with Crippen molar-refractivity contribution in [3.05, 3.63) is 57.6 Å². The van der Waals surface area contributed by atoms with Crippen LogP contribution in [0.4, 0.5) is 0 Å². The van der Waals surface area contributed by atoms with Crippen molar-refractivity contribution in [1.82, 2.24) is 19.9 Å². The van der Waals surface area contributed by atoms with E-state index in [9.17, 15) is 0 Å². The van der Waals surface area contributed by atoms with Gasteiger partial charge in [-0.3, -0.25) is 0 Å². The van der Waals surface area contributed by atoms with Crippen molar-refractivity contribution in [3.63, 3.8) is 0 Å². The molecule has 0 aliphatic heterocycles. The molecule has 0 bridgehead atoms. The Morgan fingerprint density at radius 3 is 2.38 bits per heavy atom. The molecule has 1 unspecified atom stereocenters. The van der Waals surface area contributed by atoms with Crippen molar-refractivity contribution in [1.29, 1.82) is 0 Å². The third kappa shape index (κ3) is 3.08. The number of hydrogen-bond acceptors (Lipinski definition) is 2. The van der Waals surface area contributed by atoms with E-state index in [0.717, 1.165) is 39.9 Å². The topological polar surface area (TPSA) is 57.4 Å². The molecule has 4 nitrogen and oxygen atoms in total.